The van der Waals surface area contributed by atoms with E-state index < -0.39 is 10.0 Å². The minimum Gasteiger partial charge on any atom is -0.333 e. The van der Waals surface area contributed by atoms with E-state index in [0.29, 0.717) is 10.8 Å². The molecule has 0 aliphatic carbocycles. The number of imidazole rings is 1. The average Bonchev–Trinajstić information content (AvgIpc) is 3.18. The number of thiophene rings is 1. The van der Waals surface area contributed by atoms with Gasteiger partial charge in [0, 0.05) is 25.5 Å². The number of rotatable bonds is 6. The highest BCUT2D eigenvalue weighted by Crippen LogP contribution is 2.25. The van der Waals surface area contributed by atoms with Gasteiger partial charge in [-0.3, -0.25) is 0 Å². The molecule has 0 spiro atoms. The van der Waals surface area contributed by atoms with E-state index in [2.05, 4.69) is 25.6 Å². The first-order chi connectivity index (χ1) is 11.0. The molecule has 0 unspecified atom stereocenters. The molecule has 0 saturated heterocycles. The van der Waals surface area contributed by atoms with Gasteiger partial charge in [-0.1, -0.05) is 24.3 Å². The molecule has 0 atom stereocenters. The van der Waals surface area contributed by atoms with Crippen LogP contribution in [-0.2, 0) is 23.1 Å². The first kappa shape index (κ1) is 16.4. The summed E-state index contributed by atoms with van der Waals surface area (Å²) in [5.74, 6) is 0. The smallest absolute Gasteiger partial charge is 0.250 e. The van der Waals surface area contributed by atoms with Crippen molar-refractivity contribution in [3.8, 4) is 0 Å². The van der Waals surface area contributed by atoms with Gasteiger partial charge in [0.15, 0.2) is 0 Å². The fraction of sp³-hybridized carbons (Fsp3) is 0.133. The number of halogens is 1. The quantitative estimate of drug-likeness (QED) is 0.676. The summed E-state index contributed by atoms with van der Waals surface area (Å²) in [7, 11) is -3.48. The van der Waals surface area contributed by atoms with Crippen LogP contribution in [0.2, 0.25) is 0 Å². The molecule has 0 fully saturated rings. The van der Waals surface area contributed by atoms with E-state index in [-0.39, 0.29) is 6.54 Å². The highest BCUT2D eigenvalue weighted by molar-refractivity contribution is 9.11. The van der Waals surface area contributed by atoms with Gasteiger partial charge in [-0.15, -0.1) is 11.3 Å². The van der Waals surface area contributed by atoms with E-state index in [1.54, 1.807) is 24.7 Å². The lowest BCUT2D eigenvalue weighted by Gasteiger charge is -2.08. The van der Waals surface area contributed by atoms with Gasteiger partial charge in [0.05, 0.1) is 10.1 Å². The largest absolute Gasteiger partial charge is 0.333 e. The van der Waals surface area contributed by atoms with Gasteiger partial charge < -0.3 is 4.57 Å². The second kappa shape index (κ2) is 6.96. The third kappa shape index (κ3) is 4.29. The van der Waals surface area contributed by atoms with Crippen LogP contribution in [0.4, 0.5) is 0 Å². The predicted molar refractivity (Wildman–Crippen MR) is 93.8 cm³/mol. The molecule has 0 bridgehead atoms. The zero-order valence-electron chi connectivity index (χ0n) is 12.0. The average molecular weight is 412 g/mol. The Morgan fingerprint density at radius 1 is 1.22 bits per heavy atom. The maximum absolute atomic E-state index is 12.2. The zero-order valence-corrected chi connectivity index (χ0v) is 15.2. The summed E-state index contributed by atoms with van der Waals surface area (Å²) in [6.07, 6.45) is 5.38. The summed E-state index contributed by atoms with van der Waals surface area (Å²) in [4.78, 5) is 4.01. The molecule has 1 aromatic carbocycles. The van der Waals surface area contributed by atoms with E-state index in [1.807, 2.05) is 35.0 Å². The maximum Gasteiger partial charge on any atom is 0.250 e. The number of sulfonamides is 1. The maximum atomic E-state index is 12.2. The van der Waals surface area contributed by atoms with E-state index in [9.17, 15) is 8.42 Å². The number of hydrogen-bond acceptors (Lipinski definition) is 4. The Bertz CT molecular complexity index is 889. The molecule has 120 valence electrons. The Morgan fingerprint density at radius 3 is 2.74 bits per heavy atom. The van der Waals surface area contributed by atoms with Crippen LogP contribution in [0.15, 0.2) is 63.1 Å². The monoisotopic (exact) mass is 411 g/mol. The zero-order chi connectivity index (χ0) is 16.3. The predicted octanol–water partition coefficient (Wildman–Crippen LogP) is 3.23. The lowest BCUT2D eigenvalue weighted by molar-refractivity contribution is 0.583. The molecule has 2 heterocycles. The molecule has 3 rings (SSSR count). The summed E-state index contributed by atoms with van der Waals surface area (Å²) in [6, 6.07) is 11.2. The molecule has 3 aromatic rings. The van der Waals surface area contributed by atoms with E-state index in [1.165, 1.54) is 11.3 Å². The third-order valence-corrected chi connectivity index (χ3v) is 6.71. The molecule has 0 radical (unpaired) electrons. The Labute approximate surface area is 147 Å². The first-order valence-electron chi connectivity index (χ1n) is 6.81. The van der Waals surface area contributed by atoms with Crippen molar-refractivity contribution < 1.29 is 8.42 Å². The van der Waals surface area contributed by atoms with Crippen molar-refractivity contribution in [1.82, 2.24) is 14.3 Å². The molecule has 23 heavy (non-hydrogen) atoms. The van der Waals surface area contributed by atoms with Gasteiger partial charge in [-0.05, 0) is 39.2 Å². The Balaban J connectivity index is 1.68. The molecule has 0 aliphatic heterocycles. The second-order valence-electron chi connectivity index (χ2n) is 4.94. The van der Waals surface area contributed by atoms with Gasteiger partial charge in [-0.25, -0.2) is 18.1 Å². The number of nitrogens with zero attached hydrogens (tertiary/aromatic N) is 2. The van der Waals surface area contributed by atoms with Crippen molar-refractivity contribution in [2.75, 3.05) is 0 Å². The summed E-state index contributed by atoms with van der Waals surface area (Å²) < 4.78 is 30.1. The molecule has 8 heteroatoms. The SMILES string of the molecule is O=S(=O)(NCc1cccc(Cn2ccnc2)c1)c1ccc(Br)s1. The normalized spacial score (nSPS) is 11.7. The van der Waals surface area contributed by atoms with Crippen molar-refractivity contribution in [1.29, 1.82) is 0 Å². The van der Waals surface area contributed by atoms with Crippen LogP contribution < -0.4 is 4.72 Å². The number of aromatic nitrogens is 2. The van der Waals surface area contributed by atoms with Gasteiger partial charge in [-0.2, -0.15) is 0 Å². The molecule has 2 aromatic heterocycles. The summed E-state index contributed by atoms with van der Waals surface area (Å²) in [5, 5.41) is 0. The molecular weight excluding hydrogens is 398 g/mol. The van der Waals surface area contributed by atoms with E-state index >= 15 is 0 Å². The molecule has 1 N–H and O–H groups in total. The van der Waals surface area contributed by atoms with Crippen LogP contribution in [0.25, 0.3) is 0 Å². The van der Waals surface area contributed by atoms with Crippen LogP contribution in [0, 0.1) is 0 Å². The fourth-order valence-electron chi connectivity index (χ4n) is 2.12. The minimum absolute atomic E-state index is 0.260. The topological polar surface area (TPSA) is 64.0 Å². The van der Waals surface area contributed by atoms with Crippen LogP contribution >= 0.6 is 27.3 Å². The second-order valence-corrected chi connectivity index (χ2v) is 9.39. The van der Waals surface area contributed by atoms with Gasteiger partial charge in [0.25, 0.3) is 0 Å². The highest BCUT2D eigenvalue weighted by Gasteiger charge is 2.16. The first-order valence-corrected chi connectivity index (χ1v) is 9.91. The Morgan fingerprint density at radius 2 is 2.04 bits per heavy atom. The Hall–Kier alpha value is -1.48. The molecular formula is C15H14BrN3O2S2. The lowest BCUT2D eigenvalue weighted by atomic mass is 10.1. The Kier molecular flexibility index (Phi) is 4.96. The molecule has 0 saturated carbocycles. The number of hydrogen-bond donors (Lipinski definition) is 1. The van der Waals surface area contributed by atoms with Crippen molar-refractivity contribution >= 4 is 37.3 Å². The van der Waals surface area contributed by atoms with Crippen LogP contribution in [0.5, 0.6) is 0 Å². The van der Waals surface area contributed by atoms with Crippen molar-refractivity contribution in [2.24, 2.45) is 0 Å². The van der Waals surface area contributed by atoms with Crippen molar-refractivity contribution in [2.45, 2.75) is 17.3 Å². The van der Waals surface area contributed by atoms with Gasteiger partial charge >= 0.3 is 0 Å². The fourth-order valence-corrected chi connectivity index (χ4v) is 5.19. The molecule has 0 amide bonds. The summed E-state index contributed by atoms with van der Waals surface area (Å²) in [6.45, 7) is 0.966. The van der Waals surface area contributed by atoms with Crippen LogP contribution in [0.3, 0.4) is 0 Å². The van der Waals surface area contributed by atoms with Crippen LogP contribution in [0.1, 0.15) is 11.1 Å². The van der Waals surface area contributed by atoms with E-state index in [0.717, 1.165) is 14.9 Å². The molecule has 0 aliphatic rings. The third-order valence-electron chi connectivity index (χ3n) is 3.20. The number of benzene rings is 1. The van der Waals surface area contributed by atoms with Gasteiger partial charge in [0.2, 0.25) is 10.0 Å². The van der Waals surface area contributed by atoms with Crippen LogP contribution in [-0.4, -0.2) is 18.0 Å². The summed E-state index contributed by atoms with van der Waals surface area (Å²) >= 11 is 4.47. The minimum atomic E-state index is -3.48. The van der Waals surface area contributed by atoms with Crippen molar-refractivity contribution in [3.05, 3.63) is 70.0 Å². The highest BCUT2D eigenvalue weighted by atomic mass is 79.9. The van der Waals surface area contributed by atoms with Gasteiger partial charge in [0.1, 0.15) is 4.21 Å². The molecule has 5 nitrogen and oxygen atoms in total. The lowest BCUT2D eigenvalue weighted by Crippen LogP contribution is -2.22. The van der Waals surface area contributed by atoms with Crippen molar-refractivity contribution in [3.63, 3.8) is 0 Å². The summed E-state index contributed by atoms with van der Waals surface area (Å²) in [5.41, 5.74) is 2.01. The number of nitrogens with one attached hydrogen (secondary N) is 1. The standard InChI is InChI=1S/C15H14BrN3O2S2/c16-14-4-5-15(22-14)23(20,21)18-9-12-2-1-3-13(8-12)10-19-7-6-17-11-19/h1-8,11,18H,9-10H2. The van der Waals surface area contributed by atoms with E-state index in [4.69, 9.17) is 0 Å².